The molecule has 0 bridgehead atoms. The first-order chi connectivity index (χ1) is 9.49. The van der Waals surface area contributed by atoms with Gasteiger partial charge in [0, 0.05) is 24.0 Å². The lowest BCUT2D eigenvalue weighted by atomic mass is 9.94. The Bertz CT molecular complexity index is 530. The standard InChI is InChI=1S/C15H18BrNO3/c1-10-4-2-6-12(14(10)16)15(20)17-7-3-5-11(9-17)8-13(18)19/h2,4,6,11H,3,5,7-9H2,1H3,(H,18,19). The average Bonchev–Trinajstić information content (AvgIpc) is 2.41. The number of nitrogens with zero attached hydrogens (tertiary/aromatic N) is 1. The van der Waals surface area contributed by atoms with Crippen LogP contribution in [0.5, 0.6) is 0 Å². The van der Waals surface area contributed by atoms with Gasteiger partial charge in [-0.15, -0.1) is 0 Å². The lowest BCUT2D eigenvalue weighted by Gasteiger charge is -2.32. The van der Waals surface area contributed by atoms with Crippen molar-refractivity contribution < 1.29 is 14.7 Å². The molecule has 1 aromatic carbocycles. The van der Waals surface area contributed by atoms with Crippen LogP contribution in [0.3, 0.4) is 0 Å². The van der Waals surface area contributed by atoms with Crippen LogP contribution in [0.1, 0.15) is 35.2 Å². The number of amides is 1. The lowest BCUT2D eigenvalue weighted by molar-refractivity contribution is -0.138. The average molecular weight is 340 g/mol. The maximum absolute atomic E-state index is 12.6. The topological polar surface area (TPSA) is 57.6 Å². The van der Waals surface area contributed by atoms with Crippen molar-refractivity contribution in [1.29, 1.82) is 0 Å². The fraction of sp³-hybridized carbons (Fsp3) is 0.467. The summed E-state index contributed by atoms with van der Waals surface area (Å²) in [6.45, 7) is 3.19. The highest BCUT2D eigenvalue weighted by Gasteiger charge is 2.26. The monoisotopic (exact) mass is 339 g/mol. The number of aryl methyl sites for hydroxylation is 1. The Morgan fingerprint density at radius 1 is 1.45 bits per heavy atom. The van der Waals surface area contributed by atoms with Crippen LogP contribution >= 0.6 is 15.9 Å². The van der Waals surface area contributed by atoms with Gasteiger partial charge in [-0.25, -0.2) is 0 Å². The highest BCUT2D eigenvalue weighted by Crippen LogP contribution is 2.26. The summed E-state index contributed by atoms with van der Waals surface area (Å²) in [6, 6.07) is 5.62. The molecule has 1 unspecified atom stereocenters. The van der Waals surface area contributed by atoms with Crippen LogP contribution in [-0.4, -0.2) is 35.0 Å². The molecule has 1 amide bonds. The summed E-state index contributed by atoms with van der Waals surface area (Å²) < 4.78 is 0.824. The van der Waals surface area contributed by atoms with E-state index in [1.807, 2.05) is 19.1 Å². The maximum Gasteiger partial charge on any atom is 0.303 e. The summed E-state index contributed by atoms with van der Waals surface area (Å²) in [5, 5.41) is 8.88. The third-order valence-electron chi connectivity index (χ3n) is 3.69. The molecule has 0 aliphatic carbocycles. The van der Waals surface area contributed by atoms with Crippen LogP contribution in [0.15, 0.2) is 22.7 Å². The van der Waals surface area contributed by atoms with E-state index < -0.39 is 5.97 Å². The Balaban J connectivity index is 2.12. The van der Waals surface area contributed by atoms with Crippen LogP contribution in [0.4, 0.5) is 0 Å². The predicted octanol–water partition coefficient (Wildman–Crippen LogP) is 3.08. The summed E-state index contributed by atoms with van der Waals surface area (Å²) >= 11 is 3.46. The van der Waals surface area contributed by atoms with Crippen molar-refractivity contribution in [2.75, 3.05) is 13.1 Å². The van der Waals surface area contributed by atoms with Crippen molar-refractivity contribution in [2.45, 2.75) is 26.2 Å². The first-order valence-electron chi connectivity index (χ1n) is 6.75. The third-order valence-corrected chi connectivity index (χ3v) is 4.74. The number of benzene rings is 1. The largest absolute Gasteiger partial charge is 0.481 e. The van der Waals surface area contributed by atoms with Gasteiger partial charge in [0.05, 0.1) is 5.56 Å². The molecule has 1 fully saturated rings. The molecule has 2 rings (SSSR count). The summed E-state index contributed by atoms with van der Waals surface area (Å²) in [6.07, 6.45) is 1.89. The number of aliphatic carboxylic acids is 1. The van der Waals surface area contributed by atoms with E-state index in [0.29, 0.717) is 18.7 Å². The number of halogens is 1. The van der Waals surface area contributed by atoms with Crippen molar-refractivity contribution in [3.05, 3.63) is 33.8 Å². The minimum absolute atomic E-state index is 0.0179. The molecule has 1 aliphatic rings. The Morgan fingerprint density at radius 2 is 2.20 bits per heavy atom. The number of rotatable bonds is 3. The normalized spacial score (nSPS) is 18.9. The van der Waals surface area contributed by atoms with E-state index in [2.05, 4.69) is 15.9 Å². The first-order valence-corrected chi connectivity index (χ1v) is 7.54. The van der Waals surface area contributed by atoms with Crippen LogP contribution in [0, 0.1) is 12.8 Å². The second kappa shape index (κ2) is 6.39. The zero-order valence-corrected chi connectivity index (χ0v) is 13.0. The number of piperidine rings is 1. The van der Waals surface area contributed by atoms with Crippen molar-refractivity contribution >= 4 is 27.8 Å². The Labute approximate surface area is 126 Å². The summed E-state index contributed by atoms with van der Waals surface area (Å²) in [4.78, 5) is 25.1. The third kappa shape index (κ3) is 3.39. The number of carboxylic acids is 1. The molecule has 1 N–H and O–H groups in total. The van der Waals surface area contributed by atoms with Crippen molar-refractivity contribution in [1.82, 2.24) is 4.90 Å². The summed E-state index contributed by atoms with van der Waals surface area (Å²) in [5.74, 6) is -0.745. The van der Waals surface area contributed by atoms with E-state index >= 15 is 0 Å². The van der Waals surface area contributed by atoms with Gasteiger partial charge in [0.15, 0.2) is 0 Å². The molecule has 20 heavy (non-hydrogen) atoms. The van der Waals surface area contributed by atoms with E-state index in [1.54, 1.807) is 11.0 Å². The van der Waals surface area contributed by atoms with Gasteiger partial charge in [-0.05, 0) is 53.2 Å². The van der Waals surface area contributed by atoms with Crippen molar-refractivity contribution in [2.24, 2.45) is 5.92 Å². The fourth-order valence-corrected chi connectivity index (χ4v) is 3.08. The highest BCUT2D eigenvalue weighted by molar-refractivity contribution is 9.10. The molecule has 108 valence electrons. The van der Waals surface area contributed by atoms with Gasteiger partial charge in [-0.3, -0.25) is 9.59 Å². The van der Waals surface area contributed by atoms with Crippen LogP contribution < -0.4 is 0 Å². The Hall–Kier alpha value is -1.36. The molecule has 1 aliphatic heterocycles. The molecule has 1 aromatic rings. The van der Waals surface area contributed by atoms with Crippen molar-refractivity contribution in [3.8, 4) is 0 Å². The van der Waals surface area contributed by atoms with E-state index in [0.717, 1.165) is 22.9 Å². The molecule has 1 heterocycles. The SMILES string of the molecule is Cc1cccc(C(=O)N2CCCC(CC(=O)O)C2)c1Br. The quantitative estimate of drug-likeness (QED) is 0.920. The zero-order valence-electron chi connectivity index (χ0n) is 11.4. The number of likely N-dealkylation sites (tertiary alicyclic amines) is 1. The number of carbonyl (C=O) groups excluding carboxylic acids is 1. The van der Waals surface area contributed by atoms with E-state index in [4.69, 9.17) is 5.11 Å². The minimum atomic E-state index is -0.791. The lowest BCUT2D eigenvalue weighted by Crippen LogP contribution is -2.40. The number of carboxylic acid groups (broad SMARTS) is 1. The minimum Gasteiger partial charge on any atom is -0.481 e. The van der Waals surface area contributed by atoms with Gasteiger partial charge < -0.3 is 10.0 Å². The van der Waals surface area contributed by atoms with Gasteiger partial charge in [0.2, 0.25) is 0 Å². The molecule has 1 atom stereocenters. The molecule has 0 spiro atoms. The molecule has 0 saturated carbocycles. The number of hydrogen-bond donors (Lipinski definition) is 1. The smallest absolute Gasteiger partial charge is 0.303 e. The summed E-state index contributed by atoms with van der Waals surface area (Å²) in [5.41, 5.74) is 1.68. The first kappa shape index (κ1) is 15.0. The molecule has 4 nitrogen and oxygen atoms in total. The maximum atomic E-state index is 12.6. The van der Waals surface area contributed by atoms with Gasteiger partial charge in [-0.2, -0.15) is 0 Å². The van der Waals surface area contributed by atoms with Crippen molar-refractivity contribution in [3.63, 3.8) is 0 Å². The molecule has 0 aromatic heterocycles. The van der Waals surface area contributed by atoms with Gasteiger partial charge in [0.25, 0.3) is 5.91 Å². The number of carbonyl (C=O) groups is 2. The fourth-order valence-electron chi connectivity index (χ4n) is 2.65. The van der Waals surface area contributed by atoms with Gasteiger partial charge in [0.1, 0.15) is 0 Å². The molecule has 1 saturated heterocycles. The van der Waals surface area contributed by atoms with E-state index in [1.165, 1.54) is 0 Å². The molecule has 0 radical (unpaired) electrons. The molecular weight excluding hydrogens is 322 g/mol. The van der Waals surface area contributed by atoms with Crippen LogP contribution in [0.25, 0.3) is 0 Å². The van der Waals surface area contributed by atoms with Crippen LogP contribution in [-0.2, 0) is 4.79 Å². The van der Waals surface area contributed by atoms with Crippen LogP contribution in [0.2, 0.25) is 0 Å². The highest BCUT2D eigenvalue weighted by atomic mass is 79.9. The van der Waals surface area contributed by atoms with E-state index in [9.17, 15) is 9.59 Å². The van der Waals surface area contributed by atoms with Gasteiger partial charge in [-0.1, -0.05) is 12.1 Å². The Kier molecular flexibility index (Phi) is 4.81. The van der Waals surface area contributed by atoms with Gasteiger partial charge >= 0.3 is 5.97 Å². The Morgan fingerprint density at radius 3 is 2.90 bits per heavy atom. The second-order valence-corrected chi connectivity index (χ2v) is 6.09. The number of hydrogen-bond acceptors (Lipinski definition) is 2. The predicted molar refractivity (Wildman–Crippen MR) is 79.8 cm³/mol. The molecular formula is C15H18BrNO3. The summed E-state index contributed by atoms with van der Waals surface area (Å²) in [7, 11) is 0. The molecule has 5 heteroatoms. The second-order valence-electron chi connectivity index (χ2n) is 5.29. The zero-order chi connectivity index (χ0) is 14.7. The van der Waals surface area contributed by atoms with E-state index in [-0.39, 0.29) is 18.2 Å².